The van der Waals surface area contributed by atoms with Gasteiger partial charge in [0, 0.05) is 11.0 Å². The first-order valence-electron chi connectivity index (χ1n) is 6.53. The number of carboxylic acids is 1. The fraction of sp³-hybridized carbons (Fsp3) is 0.375. The Morgan fingerprint density at radius 1 is 1.20 bits per heavy atom. The van der Waals surface area contributed by atoms with Gasteiger partial charge in [-0.1, -0.05) is 39.0 Å². The average molecular weight is 273 g/mol. The number of aromatic nitrogens is 1. The van der Waals surface area contributed by atoms with Crippen LogP contribution in [-0.4, -0.2) is 16.1 Å². The van der Waals surface area contributed by atoms with Crippen molar-refractivity contribution in [1.82, 2.24) is 4.98 Å². The molecule has 2 rings (SSSR count). The molecule has 0 spiro atoms. The van der Waals surface area contributed by atoms with Gasteiger partial charge in [0.1, 0.15) is 5.69 Å². The fourth-order valence-electron chi connectivity index (χ4n) is 2.23. The van der Waals surface area contributed by atoms with Crippen LogP contribution in [0, 0.1) is 13.8 Å². The van der Waals surface area contributed by atoms with E-state index in [9.17, 15) is 9.90 Å². The molecule has 0 aliphatic rings. The van der Waals surface area contributed by atoms with Crippen molar-refractivity contribution < 1.29 is 14.3 Å². The van der Waals surface area contributed by atoms with Crippen molar-refractivity contribution in [1.29, 1.82) is 0 Å². The zero-order valence-electron chi connectivity index (χ0n) is 12.4. The first-order valence-corrected chi connectivity index (χ1v) is 6.53. The summed E-state index contributed by atoms with van der Waals surface area (Å²) in [5.41, 5.74) is 2.99. The zero-order chi connectivity index (χ0) is 15.1. The minimum Gasteiger partial charge on any atom is -0.475 e. The summed E-state index contributed by atoms with van der Waals surface area (Å²) in [5.74, 6) is -0.780. The van der Waals surface area contributed by atoms with Crippen LogP contribution in [-0.2, 0) is 5.41 Å². The van der Waals surface area contributed by atoms with Crippen LogP contribution in [0.3, 0.4) is 0 Å². The first-order chi connectivity index (χ1) is 9.21. The predicted octanol–water partition coefficient (Wildman–Crippen LogP) is 3.95. The highest BCUT2D eigenvalue weighted by Crippen LogP contribution is 2.32. The van der Waals surface area contributed by atoms with Crippen molar-refractivity contribution in [2.75, 3.05) is 0 Å². The van der Waals surface area contributed by atoms with Crippen molar-refractivity contribution in [2.24, 2.45) is 0 Å². The molecule has 1 aromatic carbocycles. The zero-order valence-corrected chi connectivity index (χ0v) is 12.4. The van der Waals surface area contributed by atoms with Gasteiger partial charge in [0.25, 0.3) is 0 Å². The summed E-state index contributed by atoms with van der Waals surface area (Å²) >= 11 is 0. The lowest BCUT2D eigenvalue weighted by molar-refractivity contribution is 0.0659. The SMILES string of the molecule is Cc1cccc(C)c1-c1nc(C(C)(C)C)c(C(=O)O)o1. The summed E-state index contributed by atoms with van der Waals surface area (Å²) in [6.45, 7) is 9.69. The van der Waals surface area contributed by atoms with E-state index in [-0.39, 0.29) is 11.2 Å². The number of benzene rings is 1. The number of carboxylic acid groups (broad SMARTS) is 1. The van der Waals surface area contributed by atoms with E-state index in [1.54, 1.807) is 0 Å². The third-order valence-corrected chi connectivity index (χ3v) is 3.23. The van der Waals surface area contributed by atoms with Crippen LogP contribution in [0.5, 0.6) is 0 Å². The lowest BCUT2D eigenvalue weighted by atomic mass is 9.91. The van der Waals surface area contributed by atoms with E-state index >= 15 is 0 Å². The smallest absolute Gasteiger partial charge is 0.373 e. The van der Waals surface area contributed by atoms with Crippen LogP contribution in [0.1, 0.15) is 48.1 Å². The van der Waals surface area contributed by atoms with Gasteiger partial charge in [-0.3, -0.25) is 0 Å². The third-order valence-electron chi connectivity index (χ3n) is 3.23. The van der Waals surface area contributed by atoms with E-state index in [0.29, 0.717) is 11.6 Å². The van der Waals surface area contributed by atoms with E-state index in [1.807, 2.05) is 52.8 Å². The van der Waals surface area contributed by atoms with Crippen LogP contribution in [0.2, 0.25) is 0 Å². The third kappa shape index (κ3) is 2.46. The summed E-state index contributed by atoms with van der Waals surface area (Å²) in [5, 5.41) is 9.29. The van der Waals surface area contributed by atoms with Gasteiger partial charge in [-0.2, -0.15) is 0 Å². The van der Waals surface area contributed by atoms with Gasteiger partial charge in [0.15, 0.2) is 0 Å². The minimum atomic E-state index is -1.08. The lowest BCUT2D eigenvalue weighted by Gasteiger charge is -2.14. The van der Waals surface area contributed by atoms with E-state index < -0.39 is 5.97 Å². The Hall–Kier alpha value is -2.10. The first kappa shape index (κ1) is 14.3. The largest absolute Gasteiger partial charge is 0.475 e. The van der Waals surface area contributed by atoms with Gasteiger partial charge < -0.3 is 9.52 Å². The standard InChI is InChI=1S/C16H19NO3/c1-9-7-6-8-10(2)11(9)14-17-13(16(3,4)5)12(20-14)15(18)19/h6-8H,1-5H3,(H,18,19). The Labute approximate surface area is 118 Å². The van der Waals surface area contributed by atoms with E-state index in [0.717, 1.165) is 16.7 Å². The van der Waals surface area contributed by atoms with Gasteiger partial charge in [-0.05, 0) is 25.0 Å². The van der Waals surface area contributed by atoms with Gasteiger partial charge in [-0.15, -0.1) is 0 Å². The molecule has 1 aromatic heterocycles. The van der Waals surface area contributed by atoms with E-state index in [2.05, 4.69) is 4.98 Å². The Morgan fingerprint density at radius 2 is 1.75 bits per heavy atom. The van der Waals surface area contributed by atoms with Crippen LogP contribution < -0.4 is 0 Å². The van der Waals surface area contributed by atoms with E-state index in [4.69, 9.17) is 4.42 Å². The number of hydrogen-bond donors (Lipinski definition) is 1. The second-order valence-electron chi connectivity index (χ2n) is 6.02. The second-order valence-corrected chi connectivity index (χ2v) is 6.02. The molecule has 0 saturated heterocycles. The Bertz CT molecular complexity index is 643. The molecule has 0 radical (unpaired) electrons. The van der Waals surface area contributed by atoms with Crippen molar-refractivity contribution >= 4 is 5.97 Å². The van der Waals surface area contributed by atoms with Gasteiger partial charge in [0.2, 0.25) is 11.7 Å². The van der Waals surface area contributed by atoms with E-state index in [1.165, 1.54) is 0 Å². The molecule has 2 aromatic rings. The maximum Gasteiger partial charge on any atom is 0.373 e. The molecular weight excluding hydrogens is 254 g/mol. The lowest BCUT2D eigenvalue weighted by Crippen LogP contribution is -2.16. The molecule has 0 saturated carbocycles. The summed E-state index contributed by atoms with van der Waals surface area (Å²) in [4.78, 5) is 15.8. The number of rotatable bonds is 2. The number of aromatic carboxylic acids is 1. The number of hydrogen-bond acceptors (Lipinski definition) is 3. The molecular formula is C16H19NO3. The highest BCUT2D eigenvalue weighted by atomic mass is 16.4. The highest BCUT2D eigenvalue weighted by Gasteiger charge is 2.29. The van der Waals surface area contributed by atoms with Crippen molar-refractivity contribution in [3.8, 4) is 11.5 Å². The molecule has 4 nitrogen and oxygen atoms in total. The maximum atomic E-state index is 11.3. The van der Waals surface area contributed by atoms with Gasteiger partial charge in [-0.25, -0.2) is 9.78 Å². The van der Waals surface area contributed by atoms with Crippen LogP contribution in [0.25, 0.3) is 11.5 Å². The van der Waals surface area contributed by atoms with Crippen molar-refractivity contribution in [2.45, 2.75) is 40.0 Å². The Morgan fingerprint density at radius 3 is 2.15 bits per heavy atom. The number of aryl methyl sites for hydroxylation is 2. The summed E-state index contributed by atoms with van der Waals surface area (Å²) in [6, 6.07) is 5.88. The van der Waals surface area contributed by atoms with Crippen molar-refractivity contribution in [3.63, 3.8) is 0 Å². The molecule has 0 atom stereocenters. The number of oxazole rings is 1. The molecule has 20 heavy (non-hydrogen) atoms. The molecule has 0 unspecified atom stereocenters. The molecule has 4 heteroatoms. The van der Waals surface area contributed by atoms with Gasteiger partial charge in [0.05, 0.1) is 0 Å². The molecule has 0 aliphatic heterocycles. The second kappa shape index (κ2) is 4.78. The molecule has 1 heterocycles. The predicted molar refractivity (Wildman–Crippen MR) is 77.1 cm³/mol. The fourth-order valence-corrected chi connectivity index (χ4v) is 2.23. The van der Waals surface area contributed by atoms with Crippen LogP contribution in [0.4, 0.5) is 0 Å². The maximum absolute atomic E-state index is 11.3. The Balaban J connectivity index is 2.69. The minimum absolute atomic E-state index is 0.0739. The summed E-state index contributed by atoms with van der Waals surface area (Å²) < 4.78 is 5.54. The van der Waals surface area contributed by atoms with Crippen LogP contribution in [0.15, 0.2) is 22.6 Å². The quantitative estimate of drug-likeness (QED) is 0.899. The highest BCUT2D eigenvalue weighted by molar-refractivity contribution is 5.86. The van der Waals surface area contributed by atoms with Gasteiger partial charge >= 0.3 is 5.97 Å². The molecule has 0 amide bonds. The average Bonchev–Trinajstić information content (AvgIpc) is 2.73. The van der Waals surface area contributed by atoms with Crippen LogP contribution >= 0.6 is 0 Å². The molecule has 0 bridgehead atoms. The normalized spacial score (nSPS) is 11.7. The monoisotopic (exact) mass is 273 g/mol. The molecule has 0 fully saturated rings. The molecule has 0 aliphatic carbocycles. The molecule has 106 valence electrons. The summed E-state index contributed by atoms with van der Waals surface area (Å²) in [6.07, 6.45) is 0. The molecule has 1 N–H and O–H groups in total. The number of nitrogens with zero attached hydrogens (tertiary/aromatic N) is 1. The van der Waals surface area contributed by atoms with Crippen molar-refractivity contribution in [3.05, 3.63) is 40.8 Å². The topological polar surface area (TPSA) is 63.3 Å². The summed E-state index contributed by atoms with van der Waals surface area (Å²) in [7, 11) is 0. The number of carbonyl (C=O) groups is 1. The Kier molecular flexibility index (Phi) is 3.42.